The number of nitrogens with zero attached hydrogens (tertiary/aromatic N) is 3. The number of ketones is 1. The van der Waals surface area contributed by atoms with Gasteiger partial charge in [-0.3, -0.25) is 9.36 Å². The molecule has 0 aliphatic heterocycles. The quantitative estimate of drug-likeness (QED) is 0.272. The smallest absolute Gasteiger partial charge is 0.192 e. The maximum absolute atomic E-state index is 12.6. The number of carbonyl (C=O) groups excluding carboxylic acids is 1. The molecule has 0 bridgehead atoms. The number of phenols is 2. The zero-order valence-corrected chi connectivity index (χ0v) is 18.7. The molecule has 0 amide bonds. The van der Waals surface area contributed by atoms with Crippen molar-refractivity contribution in [3.8, 4) is 22.9 Å². The lowest BCUT2D eigenvalue weighted by Gasteiger charge is -2.11. The number of halogens is 1. The number of phenolic OH excluding ortho intramolecular Hbond substituents is 2. The number of aromatic nitrogens is 3. The second-order valence-corrected chi connectivity index (χ2v) is 8.57. The Morgan fingerprint density at radius 3 is 2.45 bits per heavy atom. The molecule has 0 aliphatic carbocycles. The van der Waals surface area contributed by atoms with E-state index in [0.29, 0.717) is 17.5 Å². The van der Waals surface area contributed by atoms with Gasteiger partial charge in [0.15, 0.2) is 16.8 Å². The molecule has 31 heavy (non-hydrogen) atoms. The van der Waals surface area contributed by atoms with E-state index in [9.17, 15) is 15.0 Å². The zero-order chi connectivity index (χ0) is 21.8. The van der Waals surface area contributed by atoms with Gasteiger partial charge in [0.1, 0.15) is 11.5 Å². The highest BCUT2D eigenvalue weighted by Crippen LogP contribution is 2.31. The summed E-state index contributed by atoms with van der Waals surface area (Å²) in [6, 6.07) is 21.7. The standard InChI is InChI=1S/C23H18BrN3O3S/c24-19-9-5-4-8-17(19)22-25-26-23(27(22)13-15-6-2-1-3-7-15)31-14-21(30)18-11-10-16(28)12-20(18)29/h1-12,28-29H,13-14H2. The molecule has 0 unspecified atom stereocenters. The van der Waals surface area contributed by atoms with Crippen LogP contribution < -0.4 is 0 Å². The first-order chi connectivity index (χ1) is 15.0. The lowest BCUT2D eigenvalue weighted by molar-refractivity contribution is 0.102. The fourth-order valence-electron chi connectivity index (χ4n) is 3.11. The third kappa shape index (κ3) is 4.81. The molecule has 0 radical (unpaired) electrons. The topological polar surface area (TPSA) is 88.2 Å². The number of Topliss-reactive ketones (excluding diaryl/α,β-unsaturated/α-hetero) is 1. The van der Waals surface area contributed by atoms with Gasteiger partial charge in [0, 0.05) is 16.1 Å². The number of thioether (sulfide) groups is 1. The van der Waals surface area contributed by atoms with Gasteiger partial charge in [-0.25, -0.2) is 0 Å². The van der Waals surface area contributed by atoms with Crippen LogP contribution >= 0.6 is 27.7 Å². The van der Waals surface area contributed by atoms with Gasteiger partial charge in [-0.1, -0.05) is 76.2 Å². The van der Waals surface area contributed by atoms with Crippen LogP contribution in [0.4, 0.5) is 0 Å². The highest BCUT2D eigenvalue weighted by atomic mass is 79.9. The maximum Gasteiger partial charge on any atom is 0.192 e. The minimum absolute atomic E-state index is 0.0707. The zero-order valence-electron chi connectivity index (χ0n) is 16.3. The Balaban J connectivity index is 1.64. The minimum Gasteiger partial charge on any atom is -0.508 e. The molecule has 0 spiro atoms. The second-order valence-electron chi connectivity index (χ2n) is 6.77. The fraction of sp³-hybridized carbons (Fsp3) is 0.0870. The number of aromatic hydroxyl groups is 2. The summed E-state index contributed by atoms with van der Waals surface area (Å²) in [6.45, 7) is 0.547. The van der Waals surface area contributed by atoms with Gasteiger partial charge in [0.2, 0.25) is 0 Å². The highest BCUT2D eigenvalue weighted by molar-refractivity contribution is 9.10. The Kier molecular flexibility index (Phi) is 6.39. The fourth-order valence-corrected chi connectivity index (χ4v) is 4.39. The third-order valence-electron chi connectivity index (χ3n) is 4.63. The van der Waals surface area contributed by atoms with Crippen LogP contribution in [0.15, 0.2) is 82.4 Å². The van der Waals surface area contributed by atoms with Gasteiger partial charge in [0.25, 0.3) is 0 Å². The van der Waals surface area contributed by atoms with Crippen molar-refractivity contribution in [2.24, 2.45) is 0 Å². The van der Waals surface area contributed by atoms with Crippen molar-refractivity contribution < 1.29 is 15.0 Å². The number of rotatable bonds is 7. The molecule has 0 fully saturated rings. The van der Waals surface area contributed by atoms with Crippen molar-refractivity contribution in [2.75, 3.05) is 5.75 Å². The molecular weight excluding hydrogens is 478 g/mol. The summed E-state index contributed by atoms with van der Waals surface area (Å²) in [6.07, 6.45) is 0. The van der Waals surface area contributed by atoms with Crippen LogP contribution in [0.2, 0.25) is 0 Å². The summed E-state index contributed by atoms with van der Waals surface area (Å²) in [5, 5.41) is 28.7. The number of hydrogen-bond donors (Lipinski definition) is 2. The van der Waals surface area contributed by atoms with E-state index in [1.807, 2.05) is 59.2 Å². The molecule has 8 heteroatoms. The SMILES string of the molecule is O=C(CSc1nnc(-c2ccccc2Br)n1Cc1ccccc1)c1ccc(O)cc1O. The Hall–Kier alpha value is -3.10. The third-order valence-corrected chi connectivity index (χ3v) is 6.29. The van der Waals surface area contributed by atoms with Crippen LogP contribution in [0.3, 0.4) is 0 Å². The summed E-state index contributed by atoms with van der Waals surface area (Å²) in [5.74, 6) is 0.159. The van der Waals surface area contributed by atoms with Crippen LogP contribution in [0, 0.1) is 0 Å². The molecule has 4 aromatic rings. The number of carbonyl (C=O) groups is 1. The van der Waals surface area contributed by atoms with Crippen molar-refractivity contribution in [1.29, 1.82) is 0 Å². The molecule has 0 aliphatic rings. The molecule has 4 rings (SSSR count). The van der Waals surface area contributed by atoms with E-state index >= 15 is 0 Å². The first-order valence-electron chi connectivity index (χ1n) is 9.43. The van der Waals surface area contributed by atoms with Crippen LogP contribution in [0.25, 0.3) is 11.4 Å². The highest BCUT2D eigenvalue weighted by Gasteiger charge is 2.19. The molecule has 0 saturated carbocycles. The summed E-state index contributed by atoms with van der Waals surface area (Å²) >= 11 is 4.83. The van der Waals surface area contributed by atoms with E-state index in [4.69, 9.17) is 0 Å². The number of hydrogen-bond acceptors (Lipinski definition) is 6. The summed E-state index contributed by atoms with van der Waals surface area (Å²) in [7, 11) is 0. The van der Waals surface area contributed by atoms with Gasteiger partial charge < -0.3 is 10.2 Å². The second kappa shape index (κ2) is 9.36. The normalized spacial score (nSPS) is 10.9. The molecule has 1 heterocycles. The molecular formula is C23H18BrN3O3S. The summed E-state index contributed by atoms with van der Waals surface area (Å²) in [4.78, 5) is 12.6. The first-order valence-corrected chi connectivity index (χ1v) is 11.2. The summed E-state index contributed by atoms with van der Waals surface area (Å²) in [5.41, 5.74) is 2.14. The Morgan fingerprint density at radius 2 is 1.71 bits per heavy atom. The molecule has 3 aromatic carbocycles. The van der Waals surface area contributed by atoms with Gasteiger partial charge in [-0.05, 0) is 23.8 Å². The Labute approximate surface area is 191 Å². The van der Waals surface area contributed by atoms with Gasteiger partial charge >= 0.3 is 0 Å². The van der Waals surface area contributed by atoms with E-state index in [-0.39, 0.29) is 28.6 Å². The predicted octanol–water partition coefficient (Wildman–Crippen LogP) is 5.14. The van der Waals surface area contributed by atoms with Crippen LogP contribution in [0.1, 0.15) is 15.9 Å². The average molecular weight is 496 g/mol. The Morgan fingerprint density at radius 1 is 0.968 bits per heavy atom. The monoisotopic (exact) mass is 495 g/mol. The molecule has 1 aromatic heterocycles. The lowest BCUT2D eigenvalue weighted by Crippen LogP contribution is -2.07. The summed E-state index contributed by atoms with van der Waals surface area (Å²) < 4.78 is 2.88. The average Bonchev–Trinajstić information content (AvgIpc) is 3.15. The van der Waals surface area contributed by atoms with Crippen molar-refractivity contribution in [2.45, 2.75) is 11.7 Å². The van der Waals surface area contributed by atoms with Gasteiger partial charge in [-0.15, -0.1) is 10.2 Å². The molecule has 0 atom stereocenters. The van der Waals surface area contributed by atoms with E-state index in [0.717, 1.165) is 21.7 Å². The van der Waals surface area contributed by atoms with Crippen molar-refractivity contribution in [1.82, 2.24) is 14.8 Å². The van der Waals surface area contributed by atoms with Gasteiger partial charge in [-0.2, -0.15) is 0 Å². The molecule has 156 valence electrons. The van der Waals surface area contributed by atoms with Crippen molar-refractivity contribution in [3.05, 3.63) is 88.4 Å². The first kappa shape index (κ1) is 21.1. The predicted molar refractivity (Wildman–Crippen MR) is 124 cm³/mol. The van der Waals surface area contributed by atoms with E-state index in [1.54, 1.807) is 0 Å². The van der Waals surface area contributed by atoms with E-state index in [2.05, 4.69) is 26.1 Å². The van der Waals surface area contributed by atoms with Crippen LogP contribution in [-0.2, 0) is 6.54 Å². The van der Waals surface area contributed by atoms with E-state index < -0.39 is 0 Å². The largest absolute Gasteiger partial charge is 0.508 e. The van der Waals surface area contributed by atoms with Crippen LogP contribution in [0.5, 0.6) is 11.5 Å². The molecule has 6 nitrogen and oxygen atoms in total. The van der Waals surface area contributed by atoms with Crippen molar-refractivity contribution >= 4 is 33.5 Å². The maximum atomic E-state index is 12.6. The van der Waals surface area contributed by atoms with Crippen molar-refractivity contribution in [3.63, 3.8) is 0 Å². The Bertz CT molecular complexity index is 1230. The number of benzene rings is 3. The van der Waals surface area contributed by atoms with E-state index in [1.165, 1.54) is 23.9 Å². The molecule has 2 N–H and O–H groups in total. The lowest BCUT2D eigenvalue weighted by atomic mass is 10.1. The minimum atomic E-state index is -0.265. The van der Waals surface area contributed by atoms with Gasteiger partial charge in [0.05, 0.1) is 17.9 Å². The molecule has 0 saturated heterocycles. The van der Waals surface area contributed by atoms with Crippen LogP contribution in [-0.4, -0.2) is 36.5 Å².